The Labute approximate surface area is 218 Å². The van der Waals surface area contributed by atoms with Gasteiger partial charge in [-0.1, -0.05) is 35.9 Å². The van der Waals surface area contributed by atoms with Gasteiger partial charge in [0.25, 0.3) is 0 Å². The lowest BCUT2D eigenvalue weighted by molar-refractivity contribution is 0.0365. The number of anilines is 3. The summed E-state index contributed by atoms with van der Waals surface area (Å²) in [5.74, 6) is -0.00125. The van der Waals surface area contributed by atoms with Crippen LogP contribution in [0, 0.1) is 0 Å². The van der Waals surface area contributed by atoms with E-state index in [4.69, 9.17) is 22.1 Å². The fourth-order valence-electron chi connectivity index (χ4n) is 4.30. The van der Waals surface area contributed by atoms with Crippen molar-refractivity contribution in [1.82, 2.24) is 19.4 Å². The van der Waals surface area contributed by atoms with Gasteiger partial charge in [0.2, 0.25) is 0 Å². The minimum atomic E-state index is -0.477. The molecule has 190 valence electrons. The van der Waals surface area contributed by atoms with Gasteiger partial charge in [-0.2, -0.15) is 0 Å². The van der Waals surface area contributed by atoms with Crippen LogP contribution in [-0.4, -0.2) is 64.1 Å². The molecule has 4 N–H and O–H groups in total. The number of carbonyl (C=O) groups is 2. The summed E-state index contributed by atoms with van der Waals surface area (Å²) in [5.41, 5.74) is 8.54. The zero-order valence-corrected chi connectivity index (χ0v) is 20.7. The molecule has 5 rings (SSSR count). The van der Waals surface area contributed by atoms with Gasteiger partial charge in [0.15, 0.2) is 5.78 Å². The summed E-state index contributed by atoms with van der Waals surface area (Å²) in [6.45, 7) is 4.60. The van der Waals surface area contributed by atoms with Gasteiger partial charge in [0, 0.05) is 43.6 Å². The standard InChI is InChI=1S/C26H26ClN7O3/c27-20-6-1-2-7-21(20)32-26(36)31-18-5-3-4-17(14-18)23(35)19-15-34(9-8-33-10-12-37-13-11-33)25-22(19)24(28)29-16-30-25/h1-7,14-16H,8-13H2,(H2,28,29,30)(H2,31,32,36). The van der Waals surface area contributed by atoms with Crippen LogP contribution in [0.3, 0.4) is 0 Å². The number of hydrogen-bond donors (Lipinski definition) is 3. The number of ketones is 1. The van der Waals surface area contributed by atoms with Gasteiger partial charge in [0.05, 0.1) is 34.9 Å². The molecule has 11 heteroatoms. The highest BCUT2D eigenvalue weighted by Crippen LogP contribution is 2.27. The maximum atomic E-state index is 13.6. The first-order valence-corrected chi connectivity index (χ1v) is 12.2. The van der Waals surface area contributed by atoms with Crippen molar-refractivity contribution >= 4 is 51.6 Å². The number of rotatable bonds is 7. The van der Waals surface area contributed by atoms with E-state index in [9.17, 15) is 9.59 Å². The summed E-state index contributed by atoms with van der Waals surface area (Å²) in [4.78, 5) is 36.9. The predicted octanol–water partition coefficient (Wildman–Crippen LogP) is 3.87. The van der Waals surface area contributed by atoms with E-state index in [1.54, 1.807) is 54.7 Å². The lowest BCUT2D eigenvalue weighted by atomic mass is 10.0. The molecule has 1 aliphatic heterocycles. The largest absolute Gasteiger partial charge is 0.383 e. The molecule has 10 nitrogen and oxygen atoms in total. The smallest absolute Gasteiger partial charge is 0.323 e. The fourth-order valence-corrected chi connectivity index (χ4v) is 4.49. The van der Waals surface area contributed by atoms with Crippen LogP contribution in [-0.2, 0) is 11.3 Å². The molecule has 0 aliphatic carbocycles. The number of nitrogens with one attached hydrogen (secondary N) is 2. The van der Waals surface area contributed by atoms with Crippen molar-refractivity contribution in [1.29, 1.82) is 0 Å². The molecule has 3 heterocycles. The maximum Gasteiger partial charge on any atom is 0.323 e. The third-order valence-electron chi connectivity index (χ3n) is 6.19. The highest BCUT2D eigenvalue weighted by Gasteiger charge is 2.21. The number of para-hydroxylation sites is 1. The van der Waals surface area contributed by atoms with E-state index >= 15 is 0 Å². The first-order valence-electron chi connectivity index (χ1n) is 11.9. The fraction of sp³-hybridized carbons (Fsp3) is 0.231. The normalized spacial score (nSPS) is 14.0. The second-order valence-electron chi connectivity index (χ2n) is 8.62. The number of nitrogens with zero attached hydrogens (tertiary/aromatic N) is 4. The summed E-state index contributed by atoms with van der Waals surface area (Å²) in [5, 5.41) is 6.38. The van der Waals surface area contributed by atoms with Gasteiger partial charge < -0.3 is 25.7 Å². The molecule has 1 saturated heterocycles. The van der Waals surface area contributed by atoms with Crippen LogP contribution in [0.2, 0.25) is 5.02 Å². The van der Waals surface area contributed by atoms with E-state index in [-0.39, 0.29) is 11.6 Å². The van der Waals surface area contributed by atoms with Crippen molar-refractivity contribution in [2.75, 3.05) is 49.2 Å². The number of fused-ring (bicyclic) bond motifs is 1. The molecular formula is C26H26ClN7O3. The number of ether oxygens (including phenoxy) is 1. The zero-order valence-electron chi connectivity index (χ0n) is 20.0. The van der Waals surface area contributed by atoms with Gasteiger partial charge in [-0.05, 0) is 24.3 Å². The molecular weight excluding hydrogens is 494 g/mol. The molecule has 0 unspecified atom stereocenters. The summed E-state index contributed by atoms with van der Waals surface area (Å²) in [7, 11) is 0. The van der Waals surface area contributed by atoms with Crippen LogP contribution in [0.15, 0.2) is 61.1 Å². The Kier molecular flexibility index (Phi) is 7.31. The minimum absolute atomic E-state index is 0.242. The average molecular weight is 520 g/mol. The number of nitrogens with two attached hydrogens (primary N) is 1. The number of amides is 2. The molecule has 1 fully saturated rings. The highest BCUT2D eigenvalue weighted by molar-refractivity contribution is 6.33. The number of morpholine rings is 1. The molecule has 0 spiro atoms. The Hall–Kier alpha value is -3.99. The number of nitrogen functional groups attached to an aromatic ring is 1. The van der Waals surface area contributed by atoms with Crippen LogP contribution in [0.5, 0.6) is 0 Å². The number of benzene rings is 2. The maximum absolute atomic E-state index is 13.6. The van der Waals surface area contributed by atoms with E-state index in [0.717, 1.165) is 19.6 Å². The predicted molar refractivity (Wildman–Crippen MR) is 143 cm³/mol. The van der Waals surface area contributed by atoms with Crippen LogP contribution in [0.4, 0.5) is 22.0 Å². The summed E-state index contributed by atoms with van der Waals surface area (Å²) in [6.07, 6.45) is 3.18. The summed E-state index contributed by atoms with van der Waals surface area (Å²) in [6, 6.07) is 13.2. The number of urea groups is 1. The minimum Gasteiger partial charge on any atom is -0.383 e. The molecule has 0 saturated carbocycles. The quantitative estimate of drug-likeness (QED) is 0.316. The molecule has 0 bridgehead atoms. The van der Waals surface area contributed by atoms with Crippen LogP contribution >= 0.6 is 11.6 Å². The molecule has 1 aliphatic rings. The monoisotopic (exact) mass is 519 g/mol. The lowest BCUT2D eigenvalue weighted by Gasteiger charge is -2.26. The molecule has 0 radical (unpaired) electrons. The molecule has 0 atom stereocenters. The van der Waals surface area contributed by atoms with Crippen molar-refractivity contribution < 1.29 is 14.3 Å². The first-order chi connectivity index (χ1) is 18.0. The van der Waals surface area contributed by atoms with Gasteiger partial charge in [-0.15, -0.1) is 0 Å². The molecule has 37 heavy (non-hydrogen) atoms. The number of hydrogen-bond acceptors (Lipinski definition) is 7. The van der Waals surface area contributed by atoms with Crippen molar-refractivity contribution in [3.05, 3.63) is 77.2 Å². The molecule has 2 aromatic carbocycles. The second kappa shape index (κ2) is 11.0. The van der Waals surface area contributed by atoms with Crippen molar-refractivity contribution in [3.8, 4) is 0 Å². The third kappa shape index (κ3) is 5.56. The van der Waals surface area contributed by atoms with Crippen molar-refractivity contribution in [3.63, 3.8) is 0 Å². The zero-order chi connectivity index (χ0) is 25.8. The Balaban J connectivity index is 1.37. The molecule has 2 amide bonds. The van der Waals surface area contributed by atoms with Gasteiger partial charge in [0.1, 0.15) is 17.8 Å². The topological polar surface area (TPSA) is 127 Å². The van der Waals surface area contributed by atoms with E-state index in [2.05, 4.69) is 25.5 Å². The Bertz CT molecular complexity index is 1450. The Morgan fingerprint density at radius 2 is 1.84 bits per heavy atom. The Morgan fingerprint density at radius 3 is 2.65 bits per heavy atom. The van der Waals surface area contributed by atoms with Gasteiger partial charge in [-0.3, -0.25) is 9.69 Å². The SMILES string of the molecule is Nc1ncnc2c1c(C(=O)c1cccc(NC(=O)Nc3ccccc3Cl)c1)cn2CCN1CCOCC1. The van der Waals surface area contributed by atoms with E-state index in [1.807, 2.05) is 4.57 Å². The van der Waals surface area contributed by atoms with Crippen molar-refractivity contribution in [2.45, 2.75) is 6.54 Å². The summed E-state index contributed by atoms with van der Waals surface area (Å²) >= 11 is 6.12. The average Bonchev–Trinajstić information content (AvgIpc) is 3.29. The van der Waals surface area contributed by atoms with E-state index in [1.165, 1.54) is 6.33 Å². The highest BCUT2D eigenvalue weighted by atomic mass is 35.5. The van der Waals surface area contributed by atoms with Gasteiger partial charge in [-0.25, -0.2) is 14.8 Å². The Morgan fingerprint density at radius 1 is 1.03 bits per heavy atom. The third-order valence-corrected chi connectivity index (χ3v) is 6.52. The number of aromatic nitrogens is 3. The second-order valence-corrected chi connectivity index (χ2v) is 9.02. The van der Waals surface area contributed by atoms with Crippen LogP contribution in [0.1, 0.15) is 15.9 Å². The summed E-state index contributed by atoms with van der Waals surface area (Å²) < 4.78 is 7.36. The lowest BCUT2D eigenvalue weighted by Crippen LogP contribution is -2.38. The van der Waals surface area contributed by atoms with E-state index in [0.29, 0.717) is 58.3 Å². The molecule has 4 aromatic rings. The van der Waals surface area contributed by atoms with Crippen LogP contribution < -0.4 is 16.4 Å². The van der Waals surface area contributed by atoms with Crippen molar-refractivity contribution in [2.24, 2.45) is 0 Å². The molecule has 2 aromatic heterocycles. The number of halogens is 1. The van der Waals surface area contributed by atoms with Gasteiger partial charge >= 0.3 is 6.03 Å². The first kappa shape index (κ1) is 24.7. The number of carbonyl (C=O) groups excluding carboxylic acids is 2. The van der Waals surface area contributed by atoms with E-state index < -0.39 is 6.03 Å². The van der Waals surface area contributed by atoms with Crippen LogP contribution in [0.25, 0.3) is 11.0 Å².